The van der Waals surface area contributed by atoms with E-state index >= 15 is 0 Å². The smallest absolute Gasteiger partial charge is 0.160 e. The molecule has 46 heavy (non-hydrogen) atoms. The lowest BCUT2D eigenvalue weighted by molar-refractivity contribution is 1.18. The summed E-state index contributed by atoms with van der Waals surface area (Å²) in [5, 5.41) is 9.85. The molecule has 2 nitrogen and oxygen atoms in total. The molecule has 0 saturated heterocycles. The van der Waals surface area contributed by atoms with Gasteiger partial charge < -0.3 is 0 Å². The standard InChI is InChI=1S/C44H28N2/c1-2-14-31(15-3-1)44-45-41(34-23-22-29-12-4-5-16-32(29)26-34)28-42(46-44)37-20-10-11-21-38(37)43-36-19-9-7-17-33(36)27-40-35-18-8-6-13-30(35)24-25-39(40)43/h1-28H. The van der Waals surface area contributed by atoms with Gasteiger partial charge in [-0.15, -0.1) is 0 Å². The Morgan fingerprint density at radius 2 is 0.935 bits per heavy atom. The predicted octanol–water partition coefficient (Wildman–Crippen LogP) is 11.8. The van der Waals surface area contributed by atoms with E-state index in [2.05, 4.69) is 152 Å². The van der Waals surface area contributed by atoms with E-state index in [-0.39, 0.29) is 0 Å². The van der Waals surface area contributed by atoms with E-state index < -0.39 is 0 Å². The Labute approximate surface area is 267 Å². The summed E-state index contributed by atoms with van der Waals surface area (Å²) in [5.41, 5.74) is 7.32. The Balaban J connectivity index is 1.33. The quantitative estimate of drug-likeness (QED) is 0.152. The zero-order valence-corrected chi connectivity index (χ0v) is 25.1. The van der Waals surface area contributed by atoms with Crippen molar-refractivity contribution < 1.29 is 0 Å². The fourth-order valence-electron chi connectivity index (χ4n) is 6.83. The maximum atomic E-state index is 5.25. The van der Waals surface area contributed by atoms with E-state index in [4.69, 9.17) is 9.97 Å². The highest BCUT2D eigenvalue weighted by molar-refractivity contribution is 6.21. The van der Waals surface area contributed by atoms with Crippen molar-refractivity contribution >= 4 is 43.1 Å². The topological polar surface area (TPSA) is 25.8 Å². The average molecular weight is 585 g/mol. The van der Waals surface area contributed by atoms with Crippen LogP contribution >= 0.6 is 0 Å². The molecule has 0 atom stereocenters. The van der Waals surface area contributed by atoms with E-state index in [0.29, 0.717) is 5.82 Å². The second-order valence-electron chi connectivity index (χ2n) is 11.8. The molecule has 0 aliphatic heterocycles. The molecule has 0 amide bonds. The van der Waals surface area contributed by atoms with Crippen LogP contribution in [0.5, 0.6) is 0 Å². The van der Waals surface area contributed by atoms with E-state index in [1.54, 1.807) is 0 Å². The van der Waals surface area contributed by atoms with Gasteiger partial charge in [-0.1, -0.05) is 152 Å². The summed E-state index contributed by atoms with van der Waals surface area (Å²) in [5.74, 6) is 0.713. The second-order valence-corrected chi connectivity index (χ2v) is 11.8. The van der Waals surface area contributed by atoms with Crippen LogP contribution in [0.25, 0.3) is 88.1 Å². The average Bonchev–Trinajstić information content (AvgIpc) is 3.14. The fourth-order valence-corrected chi connectivity index (χ4v) is 6.83. The van der Waals surface area contributed by atoms with Crippen molar-refractivity contribution in [3.05, 3.63) is 170 Å². The van der Waals surface area contributed by atoms with Crippen molar-refractivity contribution in [3.63, 3.8) is 0 Å². The van der Waals surface area contributed by atoms with E-state index in [9.17, 15) is 0 Å². The normalized spacial score (nSPS) is 11.5. The molecule has 214 valence electrons. The Morgan fingerprint density at radius 3 is 1.78 bits per heavy atom. The first-order chi connectivity index (χ1) is 22.8. The molecule has 0 bridgehead atoms. The van der Waals surface area contributed by atoms with Gasteiger partial charge in [-0.2, -0.15) is 0 Å². The van der Waals surface area contributed by atoms with Gasteiger partial charge in [0.15, 0.2) is 5.82 Å². The molecule has 0 saturated carbocycles. The minimum absolute atomic E-state index is 0.713. The lowest BCUT2D eigenvalue weighted by atomic mass is 9.87. The molecular formula is C44H28N2. The zero-order chi connectivity index (χ0) is 30.5. The molecule has 2 heteroatoms. The van der Waals surface area contributed by atoms with E-state index in [1.165, 1.54) is 48.7 Å². The minimum Gasteiger partial charge on any atom is -0.228 e. The van der Waals surface area contributed by atoms with Gasteiger partial charge in [-0.3, -0.25) is 0 Å². The molecule has 0 radical (unpaired) electrons. The third-order valence-corrected chi connectivity index (χ3v) is 9.05. The molecule has 9 aromatic rings. The van der Waals surface area contributed by atoms with Gasteiger partial charge in [-0.25, -0.2) is 9.97 Å². The van der Waals surface area contributed by atoms with Crippen LogP contribution in [-0.4, -0.2) is 9.97 Å². The Bertz CT molecular complexity index is 2580. The van der Waals surface area contributed by atoms with Gasteiger partial charge in [0, 0.05) is 16.7 Å². The summed E-state index contributed by atoms with van der Waals surface area (Å²) in [6, 6.07) is 60.4. The molecule has 0 fully saturated rings. The van der Waals surface area contributed by atoms with Gasteiger partial charge in [0.1, 0.15) is 0 Å². The zero-order valence-electron chi connectivity index (χ0n) is 25.1. The molecule has 0 unspecified atom stereocenters. The fraction of sp³-hybridized carbons (Fsp3) is 0. The third kappa shape index (κ3) is 4.43. The van der Waals surface area contributed by atoms with Crippen LogP contribution in [0.15, 0.2) is 170 Å². The van der Waals surface area contributed by atoms with Crippen LogP contribution in [-0.2, 0) is 0 Å². The van der Waals surface area contributed by atoms with Crippen LogP contribution in [0.2, 0.25) is 0 Å². The SMILES string of the molecule is c1ccc(-c2nc(-c3ccc4ccccc4c3)cc(-c3ccccc3-c3c4ccccc4cc4c3ccc3ccccc34)n2)cc1. The van der Waals surface area contributed by atoms with Crippen molar-refractivity contribution in [1.82, 2.24) is 9.97 Å². The number of hydrogen-bond acceptors (Lipinski definition) is 2. The van der Waals surface area contributed by atoms with Gasteiger partial charge in [0.2, 0.25) is 0 Å². The second kappa shape index (κ2) is 10.8. The first kappa shape index (κ1) is 26.3. The molecule has 0 N–H and O–H groups in total. The number of fused-ring (bicyclic) bond motifs is 5. The number of benzene rings is 8. The van der Waals surface area contributed by atoms with E-state index in [1.807, 2.05) is 18.2 Å². The minimum atomic E-state index is 0.713. The Morgan fingerprint density at radius 1 is 0.304 bits per heavy atom. The van der Waals surface area contributed by atoms with Crippen molar-refractivity contribution in [2.75, 3.05) is 0 Å². The largest absolute Gasteiger partial charge is 0.228 e. The highest BCUT2D eigenvalue weighted by Gasteiger charge is 2.18. The molecule has 1 aromatic heterocycles. The maximum Gasteiger partial charge on any atom is 0.160 e. The van der Waals surface area contributed by atoms with E-state index in [0.717, 1.165) is 33.6 Å². The monoisotopic (exact) mass is 584 g/mol. The first-order valence-electron chi connectivity index (χ1n) is 15.7. The molecule has 0 aliphatic rings. The summed E-state index contributed by atoms with van der Waals surface area (Å²) in [4.78, 5) is 10.4. The Kier molecular flexibility index (Phi) is 6.17. The van der Waals surface area contributed by atoms with Gasteiger partial charge in [-0.05, 0) is 72.4 Å². The van der Waals surface area contributed by atoms with Crippen LogP contribution < -0.4 is 0 Å². The summed E-state index contributed by atoms with van der Waals surface area (Å²) in [6.07, 6.45) is 0. The van der Waals surface area contributed by atoms with Gasteiger partial charge in [0.25, 0.3) is 0 Å². The lowest BCUT2D eigenvalue weighted by Gasteiger charge is -2.17. The van der Waals surface area contributed by atoms with Crippen LogP contribution in [0, 0.1) is 0 Å². The van der Waals surface area contributed by atoms with Gasteiger partial charge in [0.05, 0.1) is 11.4 Å². The number of aromatic nitrogens is 2. The van der Waals surface area contributed by atoms with Crippen molar-refractivity contribution in [2.45, 2.75) is 0 Å². The number of rotatable bonds is 4. The van der Waals surface area contributed by atoms with Crippen LogP contribution in [0.1, 0.15) is 0 Å². The third-order valence-electron chi connectivity index (χ3n) is 9.05. The number of nitrogens with zero attached hydrogens (tertiary/aromatic N) is 2. The van der Waals surface area contributed by atoms with Crippen molar-refractivity contribution in [1.29, 1.82) is 0 Å². The predicted molar refractivity (Wildman–Crippen MR) is 194 cm³/mol. The molecule has 8 aromatic carbocycles. The van der Waals surface area contributed by atoms with Crippen LogP contribution in [0.4, 0.5) is 0 Å². The highest BCUT2D eigenvalue weighted by Crippen LogP contribution is 2.43. The summed E-state index contributed by atoms with van der Waals surface area (Å²) in [7, 11) is 0. The van der Waals surface area contributed by atoms with Gasteiger partial charge >= 0.3 is 0 Å². The summed E-state index contributed by atoms with van der Waals surface area (Å²) < 4.78 is 0. The maximum absolute atomic E-state index is 5.25. The molecule has 9 rings (SSSR count). The highest BCUT2D eigenvalue weighted by atomic mass is 14.9. The molecular weight excluding hydrogens is 556 g/mol. The molecule has 1 heterocycles. The van der Waals surface area contributed by atoms with Crippen LogP contribution in [0.3, 0.4) is 0 Å². The lowest BCUT2D eigenvalue weighted by Crippen LogP contribution is -1.97. The first-order valence-corrected chi connectivity index (χ1v) is 15.7. The number of hydrogen-bond donors (Lipinski definition) is 0. The molecule has 0 spiro atoms. The Hall–Kier alpha value is -6.12. The summed E-state index contributed by atoms with van der Waals surface area (Å²) in [6.45, 7) is 0. The molecule has 0 aliphatic carbocycles. The van der Waals surface area contributed by atoms with Crippen molar-refractivity contribution in [2.24, 2.45) is 0 Å². The summed E-state index contributed by atoms with van der Waals surface area (Å²) >= 11 is 0. The van der Waals surface area contributed by atoms with Crippen molar-refractivity contribution in [3.8, 4) is 45.0 Å².